The number of hydrogen-bond donors (Lipinski definition) is 2. The lowest BCUT2D eigenvalue weighted by Crippen LogP contribution is -2.26. The van der Waals surface area contributed by atoms with Gasteiger partial charge in [-0.15, -0.1) is 0 Å². The van der Waals surface area contributed by atoms with E-state index in [4.69, 9.17) is 88.4 Å². The maximum atomic E-state index is 12.7. The van der Waals surface area contributed by atoms with Gasteiger partial charge >= 0.3 is 61.5 Å². The summed E-state index contributed by atoms with van der Waals surface area (Å²) in [5.41, 5.74) is -3.31. The molecule has 0 saturated carbocycles. The highest BCUT2D eigenvalue weighted by atomic mass is 31.2. The molecule has 0 aliphatic carbocycles. The largest absolute Gasteiger partial charge is 0.510 e. The van der Waals surface area contributed by atoms with Gasteiger partial charge in [0, 0.05) is 13.5 Å². The standard InChI is InChI=1S/C17H33O8P.C16H31O9P.C13H29O4P.C9H18O3.C8H18O2.C5H13O4P.7CH4/c1-15(2,3)10-23-26(20,24-11-21-13(18)16(4,5)6)25-12-22-14(19)17(7,8)9;1-12(2)8-14(17)20-10-23-26(19,22-9-16(5,6)7)24-11-21-15(18)25-13(3)4;1-11(2,3)10-15-18(14,16-12(4,5)6)17-13(7,8)9;1-7(2)12-8(10)11-6-9(3,4)5;1-8(2,3)7-10-6-5-9-4;1-5(2,3)4-9-10(6,7)8;;;;;;;/h10-12H2,1-9H3;12-13H,8-11H2,1-7H3;10H2,1-9H3;7H,6H2,1-5H3;5-7H2,1-4H3;4H2,1-3H3,(H2,6,7,8);7*1H4. The highest BCUT2D eigenvalue weighted by molar-refractivity contribution is 7.49. The van der Waals surface area contributed by atoms with Gasteiger partial charge in [-0.1, -0.05) is 190 Å². The summed E-state index contributed by atoms with van der Waals surface area (Å²) in [5.74, 6) is -1.44. The lowest BCUT2D eigenvalue weighted by atomic mass is 9.98. The minimum atomic E-state index is -4.26. The van der Waals surface area contributed by atoms with Crippen LogP contribution in [0.2, 0.25) is 0 Å². The monoisotopic (exact) mass is 1680 g/mol. The zero-order valence-electron chi connectivity index (χ0n) is 69.5. The Hall–Kier alpha value is -2.69. The number of hydrogen-bond acceptors (Lipinski definition) is 28. The maximum absolute atomic E-state index is 12.7. The fourth-order valence-corrected chi connectivity index (χ4v) is 9.57. The number of rotatable bonds is 31. The molecule has 0 aliphatic rings. The minimum Gasteiger partial charge on any atom is -0.438 e. The number of methoxy groups -OCH3 is 1. The summed E-state index contributed by atoms with van der Waals surface area (Å²) in [6, 6.07) is 0. The van der Waals surface area contributed by atoms with Crippen LogP contribution in [0.15, 0.2) is 0 Å². The molecule has 0 amide bonds. The number of phosphoric ester groups is 4. The van der Waals surface area contributed by atoms with Crippen LogP contribution in [0.1, 0.15) is 308 Å². The average Bonchev–Trinajstić information content (AvgIpc) is 0.837. The zero-order valence-corrected chi connectivity index (χ0v) is 73.1. The Morgan fingerprint density at radius 1 is 0.330 bits per heavy atom. The molecule has 0 spiro atoms. The average molecular weight is 1680 g/mol. The summed E-state index contributed by atoms with van der Waals surface area (Å²) in [5, 5.41) is 0. The van der Waals surface area contributed by atoms with Crippen LogP contribution >= 0.6 is 31.3 Å². The van der Waals surface area contributed by atoms with E-state index in [0.29, 0.717) is 26.4 Å². The third kappa shape index (κ3) is 107. The van der Waals surface area contributed by atoms with E-state index >= 15 is 0 Å². The molecule has 0 aromatic carbocycles. The molecule has 34 heteroatoms. The third-order valence-corrected chi connectivity index (χ3v) is 14.1. The van der Waals surface area contributed by atoms with E-state index in [-0.39, 0.29) is 129 Å². The second-order valence-electron chi connectivity index (χ2n) is 35.5. The molecule has 0 aliphatic heterocycles. The van der Waals surface area contributed by atoms with Gasteiger partial charge in [-0.25, -0.2) is 45.9 Å². The summed E-state index contributed by atoms with van der Waals surface area (Å²) >= 11 is 0. The second-order valence-corrected chi connectivity index (χ2v) is 41.6. The maximum Gasteiger partial charge on any atom is 0.510 e. The van der Waals surface area contributed by atoms with Crippen LogP contribution in [0.5, 0.6) is 0 Å². The number of carbonyl (C=O) groups excluding carboxylic acids is 5. The Balaban J connectivity index is -0.0000000946. The van der Waals surface area contributed by atoms with E-state index in [1.807, 2.05) is 159 Å². The Kier molecular flexibility index (Phi) is 75.5. The van der Waals surface area contributed by atoms with Crippen molar-refractivity contribution >= 4 is 61.5 Å². The lowest BCUT2D eigenvalue weighted by molar-refractivity contribution is -0.163. The zero-order chi connectivity index (χ0) is 82.2. The molecule has 1 unspecified atom stereocenters. The predicted octanol–water partition coefficient (Wildman–Crippen LogP) is 23.2. The Bertz CT molecular complexity index is 2410. The van der Waals surface area contributed by atoms with Gasteiger partial charge in [0.1, 0.15) is 0 Å². The first-order chi connectivity index (χ1) is 45.0. The molecule has 0 aromatic heterocycles. The Labute approximate surface area is 666 Å². The molecule has 0 radical (unpaired) electrons. The van der Waals surface area contributed by atoms with Crippen LogP contribution in [0.4, 0.5) is 9.59 Å². The quantitative estimate of drug-likeness (QED) is 0.0214. The molecule has 0 rings (SSSR count). The van der Waals surface area contributed by atoms with Gasteiger partial charge in [0.25, 0.3) is 0 Å². The lowest BCUT2D eigenvalue weighted by Gasteiger charge is -2.32. The molecule has 0 saturated heterocycles. The van der Waals surface area contributed by atoms with Gasteiger partial charge in [0.15, 0.2) is 0 Å². The van der Waals surface area contributed by atoms with Crippen molar-refractivity contribution in [3.8, 4) is 0 Å². The Morgan fingerprint density at radius 3 is 0.835 bits per heavy atom. The van der Waals surface area contributed by atoms with Gasteiger partial charge in [-0.05, 0) is 149 Å². The molecule has 30 nitrogen and oxygen atoms in total. The van der Waals surface area contributed by atoms with Crippen molar-refractivity contribution in [1.29, 1.82) is 0 Å². The fourth-order valence-electron chi connectivity index (χ4n) is 4.72. The summed E-state index contributed by atoms with van der Waals surface area (Å²) in [6.07, 6.45) is -1.85. The smallest absolute Gasteiger partial charge is 0.438 e. The number of phosphoric acid groups is 4. The van der Waals surface area contributed by atoms with Crippen molar-refractivity contribution in [2.24, 2.45) is 49.2 Å². The first-order valence-corrected chi connectivity index (χ1v) is 39.6. The molecule has 0 fully saturated rings. The van der Waals surface area contributed by atoms with Gasteiger partial charge in [0.05, 0.1) is 87.1 Å². The SMILES string of the molecule is C.C.C.C.C.C.C.CC(C)(C)COP(=O)(O)O.CC(C)(C)COP(=O)(OC(C)(C)C)OC(C)(C)C.CC(C)(C)COP(=O)(OCOC(=O)C(C)(C)C)OCOC(=O)C(C)(C)C.CC(C)CC(=O)OCOP(=O)(OCOC(=O)OC(C)C)OCC(C)(C)C.CC(C)OC(=O)OCC(C)(C)C.COCCOCC(C)(C)C. The fraction of sp³-hybridized carbons (Fsp3) is 0.933. The van der Waals surface area contributed by atoms with E-state index in [1.54, 1.807) is 76.3 Å². The molecule has 0 bridgehead atoms. The molecule has 109 heavy (non-hydrogen) atoms. The molecule has 0 heterocycles. The van der Waals surface area contributed by atoms with Crippen molar-refractivity contribution in [3.05, 3.63) is 0 Å². The van der Waals surface area contributed by atoms with Gasteiger partial charge in [-0.2, -0.15) is 0 Å². The van der Waals surface area contributed by atoms with E-state index in [2.05, 4.69) is 30.0 Å². The van der Waals surface area contributed by atoms with Crippen molar-refractivity contribution < 1.29 is 140 Å². The molecule has 0 aromatic rings. The topological polar surface area (TPSA) is 369 Å². The van der Waals surface area contributed by atoms with Crippen LogP contribution in [-0.4, -0.2) is 151 Å². The highest BCUT2D eigenvalue weighted by Gasteiger charge is 2.39. The Morgan fingerprint density at radius 2 is 0.596 bits per heavy atom. The molecule has 1 atom stereocenters. The van der Waals surface area contributed by atoms with Crippen LogP contribution in [0.25, 0.3) is 0 Å². The molecule has 2 N–H and O–H groups in total. The summed E-state index contributed by atoms with van der Waals surface area (Å²) < 4.78 is 143. The van der Waals surface area contributed by atoms with Crippen molar-refractivity contribution in [2.75, 3.05) is 87.1 Å². The van der Waals surface area contributed by atoms with E-state index in [0.717, 1.165) is 6.61 Å². The second kappa shape index (κ2) is 60.8. The summed E-state index contributed by atoms with van der Waals surface area (Å²) in [7, 11) is -14.3. The summed E-state index contributed by atoms with van der Waals surface area (Å²) in [6.45, 7) is 67.3. The minimum absolute atomic E-state index is 0. The summed E-state index contributed by atoms with van der Waals surface area (Å²) in [4.78, 5) is 73.7. The molecule has 670 valence electrons. The first-order valence-electron chi connectivity index (χ1n) is 33.7. The van der Waals surface area contributed by atoms with Crippen molar-refractivity contribution in [3.63, 3.8) is 0 Å². The third-order valence-electron chi connectivity index (χ3n) is 9.08. The van der Waals surface area contributed by atoms with Crippen molar-refractivity contribution in [2.45, 2.75) is 331 Å². The molecular formula is C75H170O30P4. The van der Waals surface area contributed by atoms with Gasteiger partial charge in [-0.3, -0.25) is 41.5 Å². The number of carbonyl (C=O) groups is 5. The van der Waals surface area contributed by atoms with Crippen LogP contribution in [-0.2, 0) is 121 Å². The highest BCUT2D eigenvalue weighted by Crippen LogP contribution is 2.56. The number of esters is 3. The van der Waals surface area contributed by atoms with Crippen LogP contribution in [0, 0.1) is 49.2 Å². The first kappa shape index (κ1) is 135. The van der Waals surface area contributed by atoms with Crippen LogP contribution in [0.3, 0.4) is 0 Å². The van der Waals surface area contributed by atoms with Crippen LogP contribution < -0.4 is 0 Å². The van der Waals surface area contributed by atoms with Gasteiger partial charge in [0.2, 0.25) is 27.2 Å². The van der Waals surface area contributed by atoms with E-state index in [1.165, 1.54) is 0 Å². The van der Waals surface area contributed by atoms with E-state index in [9.17, 15) is 42.2 Å². The number of ether oxygens (including phenoxy) is 9. The van der Waals surface area contributed by atoms with Gasteiger partial charge < -0.3 is 52.4 Å². The normalized spacial score (nSPS) is 12.7. The predicted molar refractivity (Wildman–Crippen MR) is 438 cm³/mol. The molecular weight excluding hydrogens is 1500 g/mol. The van der Waals surface area contributed by atoms with E-state index < -0.39 is 111 Å². The van der Waals surface area contributed by atoms with Crippen molar-refractivity contribution in [1.82, 2.24) is 0 Å².